The zero-order chi connectivity index (χ0) is 17.1. The third-order valence-electron chi connectivity index (χ3n) is 4.54. The number of hydrogen-bond acceptors (Lipinski definition) is 3. The van der Waals surface area contributed by atoms with Crippen LogP contribution in [0.5, 0.6) is 5.75 Å². The average Bonchev–Trinajstić information content (AvgIpc) is 3.03. The summed E-state index contributed by atoms with van der Waals surface area (Å²) in [6.45, 7) is 2.56. The normalized spacial score (nSPS) is 12.8. The Labute approximate surface area is 148 Å². The second-order valence-corrected chi connectivity index (χ2v) is 6.25. The van der Waals surface area contributed by atoms with Gasteiger partial charge < -0.3 is 9.15 Å². The number of nitrogens with zero attached hydrogens (tertiary/aromatic N) is 1. The Morgan fingerprint density at radius 1 is 1.08 bits per heavy atom. The number of ether oxygens (including phenoxy) is 1. The van der Waals surface area contributed by atoms with Gasteiger partial charge in [-0.15, -0.1) is 0 Å². The Balaban J connectivity index is 1.45. The van der Waals surface area contributed by atoms with Crippen molar-refractivity contribution in [2.45, 2.75) is 26.2 Å². The van der Waals surface area contributed by atoms with Crippen LogP contribution in [0.2, 0.25) is 0 Å². The predicted octanol–water partition coefficient (Wildman–Crippen LogP) is 5.23. The molecule has 0 spiro atoms. The fraction of sp³-hybridized carbons (Fsp3) is 0.227. The maximum Gasteiger partial charge on any atom is 0.226 e. The molecule has 0 fully saturated rings. The largest absolute Gasteiger partial charge is 0.493 e. The highest BCUT2D eigenvalue weighted by Crippen LogP contribution is 2.28. The Hall–Kier alpha value is -2.81. The lowest BCUT2D eigenvalue weighted by Gasteiger charge is -2.15. The lowest BCUT2D eigenvalue weighted by Crippen LogP contribution is -2.06. The molecule has 3 heteroatoms. The molecule has 1 heterocycles. The number of rotatable bonds is 5. The van der Waals surface area contributed by atoms with E-state index in [0.717, 1.165) is 42.0 Å². The molecule has 3 aromatic rings. The first-order valence-electron chi connectivity index (χ1n) is 8.74. The summed E-state index contributed by atoms with van der Waals surface area (Å²) in [6, 6.07) is 16.2. The first-order chi connectivity index (χ1) is 12.3. The maximum absolute atomic E-state index is 6.06. The van der Waals surface area contributed by atoms with E-state index in [1.165, 1.54) is 11.1 Å². The quantitative estimate of drug-likeness (QED) is 0.642. The number of oxazole rings is 1. The minimum Gasteiger partial charge on any atom is -0.493 e. The molecule has 3 nitrogen and oxygen atoms in total. The lowest BCUT2D eigenvalue weighted by atomic mass is 9.97. The van der Waals surface area contributed by atoms with Crippen molar-refractivity contribution in [2.75, 3.05) is 6.61 Å². The summed E-state index contributed by atoms with van der Waals surface area (Å²) in [5.74, 6) is 2.53. The van der Waals surface area contributed by atoms with Gasteiger partial charge in [0.2, 0.25) is 5.89 Å². The van der Waals surface area contributed by atoms with Crippen LogP contribution >= 0.6 is 0 Å². The molecular weight excluding hydrogens is 310 g/mol. The lowest BCUT2D eigenvalue weighted by molar-refractivity contribution is 0.316. The van der Waals surface area contributed by atoms with E-state index in [9.17, 15) is 0 Å². The van der Waals surface area contributed by atoms with Gasteiger partial charge in [0, 0.05) is 17.5 Å². The van der Waals surface area contributed by atoms with Crippen molar-refractivity contribution in [3.05, 3.63) is 77.2 Å². The SMILES string of the molecule is Cc1oc(-c2ccccc2)nc1CCOc1cccc2c1CCC=C2. The van der Waals surface area contributed by atoms with Crippen LogP contribution in [0.1, 0.15) is 29.0 Å². The Morgan fingerprint density at radius 3 is 2.84 bits per heavy atom. The minimum atomic E-state index is 0.599. The number of aromatic nitrogens is 1. The van der Waals surface area contributed by atoms with E-state index in [2.05, 4.69) is 35.3 Å². The van der Waals surface area contributed by atoms with Gasteiger partial charge in [-0.3, -0.25) is 0 Å². The molecule has 1 aromatic heterocycles. The highest BCUT2D eigenvalue weighted by molar-refractivity contribution is 5.60. The molecule has 0 saturated carbocycles. The van der Waals surface area contributed by atoms with Gasteiger partial charge in [0.1, 0.15) is 11.5 Å². The third-order valence-corrected chi connectivity index (χ3v) is 4.54. The van der Waals surface area contributed by atoms with Crippen LogP contribution in [0.3, 0.4) is 0 Å². The summed E-state index contributed by atoms with van der Waals surface area (Å²) in [6.07, 6.45) is 7.26. The first kappa shape index (κ1) is 15.7. The monoisotopic (exact) mass is 331 g/mol. The zero-order valence-corrected chi connectivity index (χ0v) is 14.4. The van der Waals surface area contributed by atoms with Gasteiger partial charge in [-0.25, -0.2) is 4.98 Å². The van der Waals surface area contributed by atoms with E-state index in [4.69, 9.17) is 9.15 Å². The minimum absolute atomic E-state index is 0.599. The standard InChI is InChI=1S/C22H21NO2/c1-16-20(23-22(25-16)18-9-3-2-4-10-18)14-15-24-21-13-7-11-17-8-5-6-12-19(17)21/h2-5,7-11,13H,6,12,14-15H2,1H3. The molecule has 1 aliphatic rings. The fourth-order valence-corrected chi connectivity index (χ4v) is 3.20. The highest BCUT2D eigenvalue weighted by atomic mass is 16.5. The molecule has 1 aliphatic carbocycles. The molecule has 0 bridgehead atoms. The van der Waals surface area contributed by atoms with Crippen LogP contribution in [-0.2, 0) is 12.8 Å². The van der Waals surface area contributed by atoms with E-state index in [0.29, 0.717) is 12.5 Å². The molecule has 126 valence electrons. The molecule has 2 aromatic carbocycles. The van der Waals surface area contributed by atoms with Gasteiger partial charge in [0.05, 0.1) is 12.3 Å². The van der Waals surface area contributed by atoms with Gasteiger partial charge in [0.15, 0.2) is 0 Å². The Bertz CT molecular complexity index is 894. The number of allylic oxidation sites excluding steroid dienone is 1. The smallest absolute Gasteiger partial charge is 0.226 e. The molecule has 0 aliphatic heterocycles. The molecule has 4 rings (SSSR count). The molecule has 25 heavy (non-hydrogen) atoms. The molecule has 0 N–H and O–H groups in total. The molecule has 0 saturated heterocycles. The van der Waals surface area contributed by atoms with E-state index in [1.54, 1.807) is 0 Å². The summed E-state index contributed by atoms with van der Waals surface area (Å²) >= 11 is 0. The van der Waals surface area contributed by atoms with E-state index >= 15 is 0 Å². The summed E-state index contributed by atoms with van der Waals surface area (Å²) < 4.78 is 11.9. The maximum atomic E-state index is 6.06. The van der Waals surface area contributed by atoms with Gasteiger partial charge in [-0.2, -0.15) is 0 Å². The average molecular weight is 331 g/mol. The second-order valence-electron chi connectivity index (χ2n) is 6.25. The van der Waals surface area contributed by atoms with Crippen molar-refractivity contribution >= 4 is 6.08 Å². The van der Waals surface area contributed by atoms with Crippen LogP contribution < -0.4 is 4.74 Å². The highest BCUT2D eigenvalue weighted by Gasteiger charge is 2.13. The van der Waals surface area contributed by atoms with Crippen LogP contribution in [-0.4, -0.2) is 11.6 Å². The molecule has 0 unspecified atom stereocenters. The topological polar surface area (TPSA) is 35.3 Å². The van der Waals surface area contributed by atoms with E-state index in [1.807, 2.05) is 37.3 Å². The Morgan fingerprint density at radius 2 is 1.96 bits per heavy atom. The van der Waals surface area contributed by atoms with Crippen LogP contribution in [0.15, 0.2) is 59.0 Å². The fourth-order valence-electron chi connectivity index (χ4n) is 3.20. The molecule has 0 atom stereocenters. The van der Waals surface area contributed by atoms with Crippen LogP contribution in [0, 0.1) is 6.92 Å². The van der Waals surface area contributed by atoms with Crippen LogP contribution in [0.4, 0.5) is 0 Å². The Kier molecular flexibility index (Phi) is 4.38. The molecule has 0 amide bonds. The van der Waals surface area contributed by atoms with E-state index < -0.39 is 0 Å². The first-order valence-corrected chi connectivity index (χ1v) is 8.74. The summed E-state index contributed by atoms with van der Waals surface area (Å²) in [5.41, 5.74) is 4.55. The van der Waals surface area contributed by atoms with Gasteiger partial charge in [-0.1, -0.05) is 42.5 Å². The van der Waals surface area contributed by atoms with E-state index in [-0.39, 0.29) is 0 Å². The van der Waals surface area contributed by atoms with Crippen molar-refractivity contribution in [3.63, 3.8) is 0 Å². The van der Waals surface area contributed by atoms with Gasteiger partial charge in [-0.05, 0) is 43.5 Å². The second kappa shape index (κ2) is 6.98. The van der Waals surface area contributed by atoms with Crippen molar-refractivity contribution in [1.29, 1.82) is 0 Å². The van der Waals surface area contributed by atoms with Gasteiger partial charge in [0.25, 0.3) is 0 Å². The van der Waals surface area contributed by atoms with Crippen molar-refractivity contribution in [1.82, 2.24) is 4.98 Å². The third kappa shape index (κ3) is 3.36. The van der Waals surface area contributed by atoms with Crippen molar-refractivity contribution in [2.24, 2.45) is 0 Å². The van der Waals surface area contributed by atoms with Gasteiger partial charge >= 0.3 is 0 Å². The number of fused-ring (bicyclic) bond motifs is 1. The van der Waals surface area contributed by atoms with Crippen molar-refractivity contribution < 1.29 is 9.15 Å². The number of hydrogen-bond donors (Lipinski definition) is 0. The summed E-state index contributed by atoms with van der Waals surface area (Å²) in [7, 11) is 0. The number of benzene rings is 2. The predicted molar refractivity (Wildman–Crippen MR) is 99.7 cm³/mol. The summed E-state index contributed by atoms with van der Waals surface area (Å²) in [5, 5.41) is 0. The molecular formula is C22H21NO2. The molecule has 0 radical (unpaired) electrons. The number of aryl methyl sites for hydroxylation is 1. The summed E-state index contributed by atoms with van der Waals surface area (Å²) in [4.78, 5) is 4.64. The van der Waals surface area contributed by atoms with Crippen LogP contribution in [0.25, 0.3) is 17.5 Å². The van der Waals surface area contributed by atoms with Crippen molar-refractivity contribution in [3.8, 4) is 17.2 Å². The zero-order valence-electron chi connectivity index (χ0n) is 14.4.